The zero-order chi connectivity index (χ0) is 19.7. The van der Waals surface area contributed by atoms with Crippen LogP contribution in [0.15, 0.2) is 12.1 Å². The number of anilines is 1. The van der Waals surface area contributed by atoms with Crippen LogP contribution in [-0.4, -0.2) is 55.1 Å². The van der Waals surface area contributed by atoms with Gasteiger partial charge in [0, 0.05) is 13.1 Å². The Bertz CT molecular complexity index is 988. The first-order valence-corrected chi connectivity index (χ1v) is 10.4. The number of aryl methyl sites for hydroxylation is 2. The molecule has 0 radical (unpaired) electrons. The van der Waals surface area contributed by atoms with Gasteiger partial charge in [-0.2, -0.15) is 0 Å². The third-order valence-corrected chi connectivity index (χ3v) is 6.61. The highest BCUT2D eigenvalue weighted by Gasteiger charge is 2.26. The quantitative estimate of drug-likeness (QED) is 0.535. The molecule has 10 heteroatoms. The van der Waals surface area contributed by atoms with Crippen molar-refractivity contribution >= 4 is 67.9 Å². The zero-order valence-electron chi connectivity index (χ0n) is 16.3. The largest absolute Gasteiger partial charge is 0.494 e. The van der Waals surface area contributed by atoms with E-state index in [1.807, 2.05) is 32.8 Å². The molecule has 3 aromatic rings. The Morgan fingerprint density at radius 1 is 1.18 bits per heavy atom. The van der Waals surface area contributed by atoms with Crippen LogP contribution in [-0.2, 0) is 0 Å². The average Bonchev–Trinajstić information content (AvgIpc) is 3.19. The molecule has 0 saturated carbocycles. The Labute approximate surface area is 183 Å². The van der Waals surface area contributed by atoms with E-state index < -0.39 is 0 Å². The van der Waals surface area contributed by atoms with E-state index in [2.05, 4.69) is 9.97 Å². The molecule has 0 spiro atoms. The molecule has 1 aromatic carbocycles. The maximum absolute atomic E-state index is 13.3. The van der Waals surface area contributed by atoms with Gasteiger partial charge in [-0.15, -0.1) is 23.7 Å². The molecule has 0 aliphatic rings. The zero-order valence-corrected chi connectivity index (χ0v) is 19.5. The van der Waals surface area contributed by atoms with Gasteiger partial charge in [0.05, 0.1) is 27.5 Å². The molecule has 0 aliphatic heterocycles. The number of ether oxygens (including phenoxy) is 1. The summed E-state index contributed by atoms with van der Waals surface area (Å²) in [5, 5.41) is 2.07. The summed E-state index contributed by atoms with van der Waals surface area (Å²) in [5.41, 5.74) is 1.42. The lowest BCUT2D eigenvalue weighted by molar-refractivity contribution is 0.0988. The summed E-state index contributed by atoms with van der Waals surface area (Å²) >= 11 is 9.16. The molecule has 0 aliphatic carbocycles. The first kappa shape index (κ1) is 22.8. The molecule has 6 nitrogen and oxygen atoms in total. The van der Waals surface area contributed by atoms with Crippen molar-refractivity contribution in [3.8, 4) is 5.75 Å². The second-order valence-corrected chi connectivity index (χ2v) is 8.92. The van der Waals surface area contributed by atoms with Gasteiger partial charge in [-0.3, -0.25) is 9.69 Å². The molecule has 2 heterocycles. The van der Waals surface area contributed by atoms with Gasteiger partial charge in [0.2, 0.25) is 0 Å². The Morgan fingerprint density at radius 2 is 1.89 bits per heavy atom. The SMILES string of the molecule is COc1ccc(Cl)c2sc(N(CCN(C)C)C(=O)c3sc(C)nc3C)nc12.Cl. The Hall–Kier alpha value is -1.45. The number of fused-ring (bicyclic) bond motifs is 1. The number of carbonyl (C=O) groups is 1. The minimum atomic E-state index is -0.0888. The molecule has 0 atom stereocenters. The second kappa shape index (κ2) is 9.37. The van der Waals surface area contributed by atoms with Gasteiger partial charge >= 0.3 is 0 Å². The van der Waals surface area contributed by atoms with Crippen LogP contribution in [0.1, 0.15) is 20.4 Å². The standard InChI is InChI=1S/C18H21ClN4O2S2.ClH/c1-10-15(26-11(2)20-10)17(24)23(9-8-22(3)4)18-21-14-13(25-5)7-6-12(19)16(14)27-18;/h6-7H,8-9H2,1-5H3;1H. The molecular weight excluding hydrogens is 439 g/mol. The summed E-state index contributed by atoms with van der Waals surface area (Å²) in [6.07, 6.45) is 0. The van der Waals surface area contributed by atoms with Crippen LogP contribution in [0.3, 0.4) is 0 Å². The van der Waals surface area contributed by atoms with Crippen molar-refractivity contribution < 1.29 is 9.53 Å². The lowest BCUT2D eigenvalue weighted by Crippen LogP contribution is -2.36. The Balaban J connectivity index is 0.00000280. The van der Waals surface area contributed by atoms with Gasteiger partial charge in [0.25, 0.3) is 5.91 Å². The molecule has 0 N–H and O–H groups in total. The summed E-state index contributed by atoms with van der Waals surface area (Å²) < 4.78 is 6.22. The van der Waals surface area contributed by atoms with E-state index >= 15 is 0 Å². The van der Waals surface area contributed by atoms with Crippen LogP contribution in [0.5, 0.6) is 5.75 Å². The minimum absolute atomic E-state index is 0. The van der Waals surface area contributed by atoms with Gasteiger partial charge in [-0.1, -0.05) is 22.9 Å². The summed E-state index contributed by atoms with van der Waals surface area (Å²) in [6.45, 7) is 4.99. The number of thiazole rings is 2. The van der Waals surface area contributed by atoms with E-state index in [0.717, 1.165) is 15.4 Å². The van der Waals surface area contributed by atoms with Crippen LogP contribution < -0.4 is 9.64 Å². The molecule has 0 fully saturated rings. The average molecular weight is 461 g/mol. The van der Waals surface area contributed by atoms with E-state index in [1.165, 1.54) is 22.7 Å². The third kappa shape index (κ3) is 4.58. The molecule has 1 amide bonds. The van der Waals surface area contributed by atoms with Crippen LogP contribution in [0.25, 0.3) is 10.2 Å². The summed E-state index contributed by atoms with van der Waals surface area (Å²) in [6, 6.07) is 3.57. The van der Waals surface area contributed by atoms with E-state index in [4.69, 9.17) is 16.3 Å². The van der Waals surface area contributed by atoms with E-state index in [0.29, 0.717) is 39.4 Å². The van der Waals surface area contributed by atoms with E-state index in [9.17, 15) is 4.79 Å². The monoisotopic (exact) mass is 460 g/mol. The molecule has 0 saturated heterocycles. The topological polar surface area (TPSA) is 58.6 Å². The predicted octanol–water partition coefficient (Wildman–Crippen LogP) is 4.66. The van der Waals surface area contributed by atoms with Gasteiger partial charge in [-0.05, 0) is 40.1 Å². The van der Waals surface area contributed by atoms with Gasteiger partial charge in [0.15, 0.2) is 5.13 Å². The number of carbonyl (C=O) groups excluding carboxylic acids is 1. The Kier molecular flexibility index (Phi) is 7.64. The maximum atomic E-state index is 13.3. The van der Waals surface area contributed by atoms with Gasteiger partial charge in [0.1, 0.15) is 16.1 Å². The number of hydrogen-bond acceptors (Lipinski definition) is 7. The fraction of sp³-hybridized carbons (Fsp3) is 0.389. The van der Waals surface area contributed by atoms with Crippen molar-refractivity contribution in [2.24, 2.45) is 0 Å². The lowest BCUT2D eigenvalue weighted by Gasteiger charge is -2.21. The van der Waals surface area contributed by atoms with Gasteiger partial charge in [-0.25, -0.2) is 9.97 Å². The Morgan fingerprint density at radius 3 is 2.46 bits per heavy atom. The van der Waals surface area contributed by atoms with Crippen LogP contribution in [0, 0.1) is 13.8 Å². The number of likely N-dealkylation sites (N-methyl/N-ethyl adjacent to an activating group) is 1. The molecule has 0 unspecified atom stereocenters. The second-order valence-electron chi connectivity index (χ2n) is 6.33. The summed E-state index contributed by atoms with van der Waals surface area (Å²) in [7, 11) is 5.55. The molecule has 0 bridgehead atoms. The highest BCUT2D eigenvalue weighted by atomic mass is 35.5. The number of nitrogens with zero attached hydrogens (tertiary/aromatic N) is 4. The van der Waals surface area contributed by atoms with Crippen molar-refractivity contribution in [2.45, 2.75) is 13.8 Å². The van der Waals surface area contributed by atoms with Crippen LogP contribution in [0.2, 0.25) is 5.02 Å². The summed E-state index contributed by atoms with van der Waals surface area (Å²) in [4.78, 5) is 26.7. The number of aromatic nitrogens is 2. The van der Waals surface area contributed by atoms with Crippen LogP contribution in [0.4, 0.5) is 5.13 Å². The first-order valence-electron chi connectivity index (χ1n) is 8.35. The van der Waals surface area contributed by atoms with Gasteiger partial charge < -0.3 is 9.64 Å². The summed E-state index contributed by atoms with van der Waals surface area (Å²) in [5.74, 6) is 0.552. The molecule has 2 aromatic heterocycles. The smallest absolute Gasteiger partial charge is 0.272 e. The maximum Gasteiger partial charge on any atom is 0.272 e. The lowest BCUT2D eigenvalue weighted by atomic mass is 10.3. The normalized spacial score (nSPS) is 11.0. The first-order chi connectivity index (χ1) is 12.8. The van der Waals surface area contributed by atoms with Crippen molar-refractivity contribution in [2.75, 3.05) is 39.2 Å². The number of rotatable bonds is 6. The van der Waals surface area contributed by atoms with E-state index in [1.54, 1.807) is 24.1 Å². The number of halogens is 2. The number of methoxy groups -OCH3 is 1. The molecule has 3 rings (SSSR count). The highest BCUT2D eigenvalue weighted by Crippen LogP contribution is 2.39. The van der Waals surface area contributed by atoms with Crippen molar-refractivity contribution in [3.63, 3.8) is 0 Å². The van der Waals surface area contributed by atoms with E-state index in [-0.39, 0.29) is 18.3 Å². The van der Waals surface area contributed by atoms with Crippen molar-refractivity contribution in [3.05, 3.63) is 32.7 Å². The third-order valence-electron chi connectivity index (χ3n) is 4.01. The highest BCUT2D eigenvalue weighted by molar-refractivity contribution is 7.23. The van der Waals surface area contributed by atoms with Crippen molar-refractivity contribution in [1.82, 2.24) is 14.9 Å². The molecule has 28 heavy (non-hydrogen) atoms. The van der Waals surface area contributed by atoms with Crippen LogP contribution >= 0.6 is 46.7 Å². The molecular formula is C18H22Cl2N4O2S2. The number of amides is 1. The minimum Gasteiger partial charge on any atom is -0.494 e. The fourth-order valence-electron chi connectivity index (χ4n) is 2.66. The number of benzene rings is 1. The predicted molar refractivity (Wildman–Crippen MR) is 120 cm³/mol. The molecule has 152 valence electrons. The fourth-order valence-corrected chi connectivity index (χ4v) is 4.81. The van der Waals surface area contributed by atoms with Crippen molar-refractivity contribution in [1.29, 1.82) is 0 Å². The number of hydrogen-bond donors (Lipinski definition) is 0.